The number of benzene rings is 3. The summed E-state index contributed by atoms with van der Waals surface area (Å²) in [5.41, 5.74) is -5.55. The Kier molecular flexibility index (Phi) is 4.48. The van der Waals surface area contributed by atoms with Gasteiger partial charge < -0.3 is 0 Å². The normalized spacial score (nSPS) is 20.7. The summed E-state index contributed by atoms with van der Waals surface area (Å²) in [5, 5.41) is 10.1. The van der Waals surface area contributed by atoms with Gasteiger partial charge in [-0.3, -0.25) is 0 Å². The van der Waals surface area contributed by atoms with Gasteiger partial charge in [0.15, 0.2) is 0 Å². The summed E-state index contributed by atoms with van der Waals surface area (Å²) in [7, 11) is 0. The van der Waals surface area contributed by atoms with Crippen molar-refractivity contribution in [3.8, 4) is 22.4 Å². The first-order chi connectivity index (χ1) is 22.9. The molecule has 0 bridgehead atoms. The second-order valence-electron chi connectivity index (χ2n) is 10.8. The van der Waals surface area contributed by atoms with Crippen molar-refractivity contribution in [3.05, 3.63) is 82.5 Å². The van der Waals surface area contributed by atoms with Crippen LogP contribution in [0, 0.1) is 26.0 Å². The molecule has 2 nitrogen and oxygen atoms in total. The predicted molar refractivity (Wildman–Crippen MR) is 154 cm³/mol. The van der Waals surface area contributed by atoms with E-state index in [1.807, 2.05) is 36.4 Å². The Hall–Kier alpha value is -3.21. The number of aryl methyl sites for hydroxylation is 3. The SMILES string of the molecule is [2H]C([2H])([2H])c1cc(C([2H])([2H])C(C)(C)C(F)(F)F)cc(C([2H])([2H])[2H])c1-c1cc(-c2cc(C3CCCCC3)c3ccccc3c2)nnc1C([2H])([2H])[2H]. The second-order valence-corrected chi connectivity index (χ2v) is 10.8. The average molecular weight is 542 g/mol. The van der Waals surface area contributed by atoms with Gasteiger partial charge in [0, 0.05) is 26.2 Å². The number of rotatable bonds is 5. The van der Waals surface area contributed by atoms with E-state index < -0.39 is 72.0 Å². The third kappa shape index (κ3) is 5.46. The maximum atomic E-state index is 14.1. The number of alkyl halides is 3. The van der Waals surface area contributed by atoms with Gasteiger partial charge in [-0.25, -0.2) is 0 Å². The second kappa shape index (κ2) is 10.4. The molecule has 1 aromatic heterocycles. The molecule has 39 heavy (non-hydrogen) atoms. The molecular weight excluding hydrogens is 493 g/mol. The van der Waals surface area contributed by atoms with Crippen molar-refractivity contribution < 1.29 is 28.2 Å². The van der Waals surface area contributed by atoms with Gasteiger partial charge in [-0.05, 0) is 102 Å². The van der Waals surface area contributed by atoms with E-state index in [0.29, 0.717) is 31.5 Å². The van der Waals surface area contributed by atoms with Crippen LogP contribution >= 0.6 is 0 Å². The lowest BCUT2D eigenvalue weighted by Crippen LogP contribution is -2.34. The van der Waals surface area contributed by atoms with Crippen molar-refractivity contribution >= 4 is 10.8 Å². The molecule has 5 rings (SSSR count). The molecule has 1 aliphatic carbocycles. The van der Waals surface area contributed by atoms with Crippen molar-refractivity contribution in [3.63, 3.8) is 0 Å². The van der Waals surface area contributed by atoms with Crippen LogP contribution in [0.25, 0.3) is 33.2 Å². The molecule has 1 fully saturated rings. The molecule has 0 saturated heterocycles. The molecule has 0 amide bonds. The lowest BCUT2D eigenvalue weighted by molar-refractivity contribution is -0.211. The summed E-state index contributed by atoms with van der Waals surface area (Å²) in [6.07, 6.45) is -3.22. The van der Waals surface area contributed by atoms with Gasteiger partial charge in [0.25, 0.3) is 0 Å². The number of hydrogen-bond donors (Lipinski definition) is 0. The van der Waals surface area contributed by atoms with Crippen LogP contribution < -0.4 is 0 Å². The molecule has 0 unspecified atom stereocenters. The highest BCUT2D eigenvalue weighted by Crippen LogP contribution is 2.42. The number of halogens is 3. The molecule has 204 valence electrons. The molecule has 0 spiro atoms. The monoisotopic (exact) mass is 541 g/mol. The number of fused-ring (bicyclic) bond motifs is 1. The Morgan fingerprint density at radius 3 is 2.28 bits per heavy atom. The molecule has 0 aliphatic heterocycles. The predicted octanol–water partition coefficient (Wildman–Crippen LogP) is 10.1. The average Bonchev–Trinajstić information content (AvgIpc) is 3.01. The third-order valence-corrected chi connectivity index (χ3v) is 7.60. The standard InChI is InChI=1S/C34H37F3N2/c1-21-15-24(20-33(4,5)34(35,36)37)16-22(2)32(21)29-19-31(39-38-23(29)3)27-17-26-13-9-10-14-28(26)30(18-27)25-11-7-6-8-12-25/h9-10,13-19,25H,6-8,11-12,20H2,1-5H3/i1D3,2D3,3D3,20D2. The van der Waals surface area contributed by atoms with Crippen LogP contribution in [0.2, 0.25) is 0 Å². The Balaban J connectivity index is 1.86. The fourth-order valence-electron chi connectivity index (χ4n) is 5.40. The summed E-state index contributed by atoms with van der Waals surface area (Å²) in [5.74, 6) is 0.246. The van der Waals surface area contributed by atoms with E-state index in [4.69, 9.17) is 15.1 Å². The number of aromatic nitrogens is 2. The molecule has 0 radical (unpaired) electrons. The number of nitrogens with zero attached hydrogens (tertiary/aromatic N) is 2. The van der Waals surface area contributed by atoms with E-state index in [1.54, 1.807) is 0 Å². The molecule has 5 heteroatoms. The smallest absolute Gasteiger partial charge is 0.171 e. The fourth-order valence-corrected chi connectivity index (χ4v) is 5.40. The maximum Gasteiger partial charge on any atom is 0.394 e. The molecule has 0 N–H and O–H groups in total. The zero-order valence-electron chi connectivity index (χ0n) is 32.8. The van der Waals surface area contributed by atoms with Crippen LogP contribution in [-0.4, -0.2) is 16.4 Å². The van der Waals surface area contributed by atoms with Gasteiger partial charge in [0.2, 0.25) is 0 Å². The van der Waals surface area contributed by atoms with E-state index in [1.165, 1.54) is 6.07 Å². The molecule has 0 atom stereocenters. The van der Waals surface area contributed by atoms with Crippen molar-refractivity contribution in [1.82, 2.24) is 10.2 Å². The summed E-state index contributed by atoms with van der Waals surface area (Å²) in [4.78, 5) is 0. The van der Waals surface area contributed by atoms with Crippen LogP contribution in [0.1, 0.15) is 94.9 Å². The van der Waals surface area contributed by atoms with Gasteiger partial charge in [0.05, 0.1) is 16.8 Å². The first-order valence-electron chi connectivity index (χ1n) is 18.5. The Morgan fingerprint density at radius 2 is 1.62 bits per heavy atom. The minimum Gasteiger partial charge on any atom is -0.171 e. The van der Waals surface area contributed by atoms with Gasteiger partial charge in [-0.15, -0.1) is 0 Å². The van der Waals surface area contributed by atoms with E-state index in [9.17, 15) is 13.2 Å². The Labute approximate surface area is 245 Å². The van der Waals surface area contributed by atoms with Gasteiger partial charge >= 0.3 is 6.18 Å². The molecule has 1 heterocycles. The van der Waals surface area contributed by atoms with Crippen LogP contribution in [-0.2, 0) is 6.37 Å². The third-order valence-electron chi connectivity index (χ3n) is 7.60. The van der Waals surface area contributed by atoms with Crippen LogP contribution in [0.5, 0.6) is 0 Å². The lowest BCUT2D eigenvalue weighted by Gasteiger charge is -2.28. The van der Waals surface area contributed by atoms with Crippen LogP contribution in [0.3, 0.4) is 0 Å². The Morgan fingerprint density at radius 1 is 0.897 bits per heavy atom. The number of hydrogen-bond acceptors (Lipinski definition) is 2. The molecule has 1 saturated carbocycles. The molecular formula is C34H37F3N2. The zero-order valence-corrected chi connectivity index (χ0v) is 21.8. The zero-order chi connectivity index (χ0) is 37.2. The van der Waals surface area contributed by atoms with Gasteiger partial charge in [0.1, 0.15) is 0 Å². The van der Waals surface area contributed by atoms with Crippen molar-refractivity contribution in [2.75, 3.05) is 0 Å². The highest BCUT2D eigenvalue weighted by Gasteiger charge is 2.47. The quantitative estimate of drug-likeness (QED) is 0.251. The van der Waals surface area contributed by atoms with E-state index in [-0.39, 0.29) is 11.6 Å². The first-order valence-corrected chi connectivity index (χ1v) is 13.0. The van der Waals surface area contributed by atoms with E-state index in [0.717, 1.165) is 48.4 Å². The van der Waals surface area contributed by atoms with Crippen molar-refractivity contribution in [1.29, 1.82) is 0 Å². The maximum absolute atomic E-state index is 14.1. The lowest BCUT2D eigenvalue weighted by atomic mass is 9.81. The van der Waals surface area contributed by atoms with Crippen molar-refractivity contribution in [2.45, 2.75) is 85.0 Å². The van der Waals surface area contributed by atoms with Gasteiger partial charge in [-0.1, -0.05) is 69.5 Å². The van der Waals surface area contributed by atoms with Crippen LogP contribution in [0.4, 0.5) is 13.2 Å². The summed E-state index contributed by atoms with van der Waals surface area (Å²) in [6.45, 7) is -8.28. The highest BCUT2D eigenvalue weighted by molar-refractivity contribution is 5.91. The minimum absolute atomic E-state index is 0.126. The first kappa shape index (κ1) is 16.8. The summed E-state index contributed by atoms with van der Waals surface area (Å²) in [6, 6.07) is 14.1. The van der Waals surface area contributed by atoms with E-state index >= 15 is 0 Å². The Bertz CT molecular complexity index is 1870. The summed E-state index contributed by atoms with van der Waals surface area (Å²) < 4.78 is 134. The fraction of sp³-hybridized carbons (Fsp3) is 0.412. The van der Waals surface area contributed by atoms with E-state index in [2.05, 4.69) is 10.2 Å². The largest absolute Gasteiger partial charge is 0.394 e. The summed E-state index contributed by atoms with van der Waals surface area (Å²) >= 11 is 0. The topological polar surface area (TPSA) is 25.8 Å². The minimum atomic E-state index is -5.11. The molecule has 3 aromatic carbocycles. The van der Waals surface area contributed by atoms with Crippen LogP contribution in [0.15, 0.2) is 54.6 Å². The van der Waals surface area contributed by atoms with Gasteiger partial charge in [-0.2, -0.15) is 23.4 Å². The highest BCUT2D eigenvalue weighted by atomic mass is 19.4. The molecule has 1 aliphatic rings. The van der Waals surface area contributed by atoms with Crippen molar-refractivity contribution in [2.24, 2.45) is 5.41 Å². The molecule has 4 aromatic rings.